The molecule has 4 heteroatoms. The standard InChI is InChI=1S/C21H17NO3/c1-3-24-21(23)18-12-16(20-5-4-10-25-20)11-17(19(18)13-22)15-8-6-14(2)7-9-15/h4-12H,3H2,1-2H3. The second-order valence-electron chi connectivity index (χ2n) is 5.62. The first-order valence-corrected chi connectivity index (χ1v) is 8.00. The highest BCUT2D eigenvalue weighted by Gasteiger charge is 2.20. The van der Waals surface area contributed by atoms with Gasteiger partial charge in [0.1, 0.15) is 11.8 Å². The highest BCUT2D eigenvalue weighted by molar-refractivity contribution is 5.97. The number of benzene rings is 2. The van der Waals surface area contributed by atoms with Crippen molar-refractivity contribution in [2.75, 3.05) is 6.61 Å². The van der Waals surface area contributed by atoms with Gasteiger partial charge in [-0.2, -0.15) is 5.26 Å². The number of hydrogen-bond acceptors (Lipinski definition) is 4. The molecule has 0 aliphatic heterocycles. The lowest BCUT2D eigenvalue weighted by Crippen LogP contribution is -2.08. The summed E-state index contributed by atoms with van der Waals surface area (Å²) in [5, 5.41) is 9.67. The van der Waals surface area contributed by atoms with E-state index in [9.17, 15) is 10.1 Å². The minimum Gasteiger partial charge on any atom is -0.464 e. The van der Waals surface area contributed by atoms with Crippen LogP contribution in [0.1, 0.15) is 28.4 Å². The molecule has 3 aromatic rings. The summed E-state index contributed by atoms with van der Waals surface area (Å²) in [7, 11) is 0. The molecule has 1 aromatic heterocycles. The second-order valence-corrected chi connectivity index (χ2v) is 5.62. The first-order chi connectivity index (χ1) is 12.1. The van der Waals surface area contributed by atoms with Crippen LogP contribution in [0.25, 0.3) is 22.5 Å². The molecule has 0 aliphatic carbocycles. The Kier molecular flexibility index (Phi) is 4.67. The van der Waals surface area contributed by atoms with Gasteiger partial charge in [-0.05, 0) is 43.7 Å². The van der Waals surface area contributed by atoms with E-state index >= 15 is 0 Å². The molecule has 0 fully saturated rings. The van der Waals surface area contributed by atoms with Gasteiger partial charge in [-0.3, -0.25) is 0 Å². The molecule has 0 atom stereocenters. The highest BCUT2D eigenvalue weighted by Crippen LogP contribution is 2.33. The van der Waals surface area contributed by atoms with Crippen LogP contribution in [0.3, 0.4) is 0 Å². The lowest BCUT2D eigenvalue weighted by atomic mass is 9.92. The Labute approximate surface area is 146 Å². The Bertz CT molecular complexity index is 933. The SMILES string of the molecule is CCOC(=O)c1cc(-c2ccco2)cc(-c2ccc(C)cc2)c1C#N. The van der Waals surface area contributed by atoms with E-state index in [4.69, 9.17) is 9.15 Å². The van der Waals surface area contributed by atoms with Crippen LogP contribution in [0.5, 0.6) is 0 Å². The van der Waals surface area contributed by atoms with E-state index in [0.29, 0.717) is 16.9 Å². The van der Waals surface area contributed by atoms with Gasteiger partial charge in [0.25, 0.3) is 0 Å². The van der Waals surface area contributed by atoms with E-state index in [1.165, 1.54) is 0 Å². The molecule has 1 heterocycles. The first-order valence-electron chi connectivity index (χ1n) is 8.00. The van der Waals surface area contributed by atoms with Crippen LogP contribution in [-0.2, 0) is 4.74 Å². The zero-order chi connectivity index (χ0) is 17.8. The van der Waals surface area contributed by atoms with Crippen LogP contribution < -0.4 is 0 Å². The predicted molar refractivity (Wildman–Crippen MR) is 95.0 cm³/mol. The molecule has 0 saturated carbocycles. The fourth-order valence-corrected chi connectivity index (χ4v) is 2.68. The van der Waals surface area contributed by atoms with Crippen molar-refractivity contribution in [3.05, 3.63) is 71.5 Å². The van der Waals surface area contributed by atoms with Crippen molar-refractivity contribution in [3.63, 3.8) is 0 Å². The second kappa shape index (κ2) is 7.06. The first kappa shape index (κ1) is 16.5. The number of rotatable bonds is 4. The number of nitrogens with zero attached hydrogens (tertiary/aromatic N) is 1. The molecule has 0 amide bonds. The monoisotopic (exact) mass is 331 g/mol. The Hall–Kier alpha value is -3.32. The third-order valence-corrected chi connectivity index (χ3v) is 3.91. The molecule has 0 bridgehead atoms. The van der Waals surface area contributed by atoms with E-state index in [0.717, 1.165) is 16.7 Å². The number of carbonyl (C=O) groups is 1. The van der Waals surface area contributed by atoms with Crippen molar-refractivity contribution in [2.24, 2.45) is 0 Å². The van der Waals surface area contributed by atoms with Gasteiger partial charge < -0.3 is 9.15 Å². The molecular weight excluding hydrogens is 314 g/mol. The maximum Gasteiger partial charge on any atom is 0.339 e. The van der Waals surface area contributed by atoms with Gasteiger partial charge in [-0.15, -0.1) is 0 Å². The average Bonchev–Trinajstić information content (AvgIpc) is 3.16. The topological polar surface area (TPSA) is 63.2 Å². The van der Waals surface area contributed by atoms with Crippen molar-refractivity contribution >= 4 is 5.97 Å². The lowest BCUT2D eigenvalue weighted by molar-refractivity contribution is 0.0526. The minimum atomic E-state index is -0.513. The van der Waals surface area contributed by atoms with E-state index in [2.05, 4.69) is 6.07 Å². The van der Waals surface area contributed by atoms with E-state index < -0.39 is 5.97 Å². The van der Waals surface area contributed by atoms with Crippen molar-refractivity contribution in [2.45, 2.75) is 13.8 Å². The number of aryl methyl sites for hydroxylation is 1. The largest absolute Gasteiger partial charge is 0.464 e. The maximum atomic E-state index is 12.4. The number of hydrogen-bond donors (Lipinski definition) is 0. The lowest BCUT2D eigenvalue weighted by Gasteiger charge is -2.12. The average molecular weight is 331 g/mol. The predicted octanol–water partition coefficient (Wildman–Crippen LogP) is 4.97. The molecule has 0 radical (unpaired) electrons. The van der Waals surface area contributed by atoms with Gasteiger partial charge in [-0.25, -0.2) is 4.79 Å². The molecule has 124 valence electrons. The zero-order valence-electron chi connectivity index (χ0n) is 14.1. The van der Waals surface area contributed by atoms with Crippen molar-refractivity contribution in [1.82, 2.24) is 0 Å². The summed E-state index contributed by atoms with van der Waals surface area (Å²) >= 11 is 0. The molecule has 0 spiro atoms. The zero-order valence-corrected chi connectivity index (χ0v) is 14.1. The van der Waals surface area contributed by atoms with Gasteiger partial charge >= 0.3 is 5.97 Å². The van der Waals surface area contributed by atoms with E-state index in [-0.39, 0.29) is 12.2 Å². The Morgan fingerprint density at radius 2 is 1.92 bits per heavy atom. The van der Waals surface area contributed by atoms with Crippen molar-refractivity contribution in [3.8, 4) is 28.5 Å². The summed E-state index contributed by atoms with van der Waals surface area (Å²) in [6, 6.07) is 17.1. The number of nitriles is 1. The Morgan fingerprint density at radius 3 is 2.52 bits per heavy atom. The summed E-state index contributed by atoms with van der Waals surface area (Å²) in [4.78, 5) is 12.4. The van der Waals surface area contributed by atoms with Crippen LogP contribution in [0.2, 0.25) is 0 Å². The summed E-state index contributed by atoms with van der Waals surface area (Å²) in [5.74, 6) is 0.115. The van der Waals surface area contributed by atoms with Crippen LogP contribution >= 0.6 is 0 Å². The van der Waals surface area contributed by atoms with Gasteiger partial charge in [0.2, 0.25) is 0 Å². The molecule has 4 nitrogen and oxygen atoms in total. The van der Waals surface area contributed by atoms with Gasteiger partial charge in [0, 0.05) is 11.1 Å². The highest BCUT2D eigenvalue weighted by atomic mass is 16.5. The molecule has 2 aromatic carbocycles. The number of esters is 1. The molecule has 0 N–H and O–H groups in total. The number of carbonyl (C=O) groups excluding carboxylic acids is 1. The normalized spacial score (nSPS) is 10.3. The number of ether oxygens (including phenoxy) is 1. The van der Waals surface area contributed by atoms with Crippen LogP contribution in [0, 0.1) is 18.3 Å². The Morgan fingerprint density at radius 1 is 1.16 bits per heavy atom. The van der Waals surface area contributed by atoms with Crippen LogP contribution in [0.4, 0.5) is 0 Å². The third kappa shape index (κ3) is 3.31. The molecule has 0 aliphatic rings. The fraction of sp³-hybridized carbons (Fsp3) is 0.143. The van der Waals surface area contributed by atoms with E-state index in [1.54, 1.807) is 25.3 Å². The van der Waals surface area contributed by atoms with Gasteiger partial charge in [-0.1, -0.05) is 29.8 Å². The smallest absolute Gasteiger partial charge is 0.339 e. The molecule has 3 rings (SSSR count). The Balaban J connectivity index is 2.26. The molecule has 25 heavy (non-hydrogen) atoms. The minimum absolute atomic E-state index is 0.244. The quantitative estimate of drug-likeness (QED) is 0.633. The number of furan rings is 1. The van der Waals surface area contributed by atoms with Crippen LogP contribution in [0.15, 0.2) is 59.2 Å². The van der Waals surface area contributed by atoms with Crippen LogP contribution in [-0.4, -0.2) is 12.6 Å². The third-order valence-electron chi connectivity index (χ3n) is 3.91. The van der Waals surface area contributed by atoms with Crippen molar-refractivity contribution in [1.29, 1.82) is 5.26 Å². The fourth-order valence-electron chi connectivity index (χ4n) is 2.68. The summed E-state index contributed by atoms with van der Waals surface area (Å²) < 4.78 is 10.6. The van der Waals surface area contributed by atoms with Gasteiger partial charge in [0.05, 0.1) is 24.0 Å². The molecular formula is C21H17NO3. The van der Waals surface area contributed by atoms with Gasteiger partial charge in [0.15, 0.2) is 0 Å². The van der Waals surface area contributed by atoms with Crippen molar-refractivity contribution < 1.29 is 13.9 Å². The van der Waals surface area contributed by atoms with E-state index in [1.807, 2.05) is 43.3 Å². The summed E-state index contributed by atoms with van der Waals surface area (Å²) in [6.45, 7) is 3.98. The molecule has 0 saturated heterocycles. The summed E-state index contributed by atoms with van der Waals surface area (Å²) in [5.41, 5.74) is 3.93. The maximum absolute atomic E-state index is 12.4. The molecule has 0 unspecified atom stereocenters. The summed E-state index contributed by atoms with van der Waals surface area (Å²) in [6.07, 6.45) is 1.57.